The number of rotatable bonds is 10. The van der Waals surface area contributed by atoms with E-state index < -0.39 is 18.5 Å². The molecule has 0 aromatic heterocycles. The van der Waals surface area contributed by atoms with Gasteiger partial charge in [0.1, 0.15) is 17.9 Å². The number of unbranched alkanes of at least 4 members (excludes halogenated alkanes) is 1. The fraction of sp³-hybridized carbons (Fsp3) is 0.318. The van der Waals surface area contributed by atoms with Crippen molar-refractivity contribution in [3.05, 3.63) is 53.6 Å². The number of hydrogen-bond acceptors (Lipinski definition) is 7. The number of aliphatic hydroxyl groups excluding tert-OH is 1. The number of Topliss-reactive ketones (excluding diaryl/α,β-unsaturated/α-hetero) is 1. The van der Waals surface area contributed by atoms with Gasteiger partial charge in [0.15, 0.2) is 5.78 Å². The average molecular weight is 400 g/mol. The molecule has 0 radical (unpaired) electrons. The van der Waals surface area contributed by atoms with E-state index in [1.807, 2.05) is 0 Å². The summed E-state index contributed by atoms with van der Waals surface area (Å²) in [6.45, 7) is -0.158. The summed E-state index contributed by atoms with van der Waals surface area (Å²) >= 11 is 0. The molecule has 0 aliphatic heterocycles. The summed E-state index contributed by atoms with van der Waals surface area (Å²) in [6, 6.07) is 11.9. The molecule has 154 valence electrons. The fourth-order valence-electron chi connectivity index (χ4n) is 2.82. The second kappa shape index (κ2) is 11.0. The third-order valence-corrected chi connectivity index (χ3v) is 4.29. The van der Waals surface area contributed by atoms with Gasteiger partial charge < -0.3 is 19.3 Å². The van der Waals surface area contributed by atoms with E-state index in [1.165, 1.54) is 14.2 Å². The summed E-state index contributed by atoms with van der Waals surface area (Å²) in [5.41, 5.74) is 1.83. The molecule has 7 nitrogen and oxygen atoms in total. The van der Waals surface area contributed by atoms with Crippen molar-refractivity contribution >= 4 is 17.7 Å². The van der Waals surface area contributed by atoms with Crippen LogP contribution in [-0.2, 0) is 14.3 Å². The molecule has 0 aliphatic carbocycles. The van der Waals surface area contributed by atoms with E-state index in [4.69, 9.17) is 19.3 Å². The Morgan fingerprint density at radius 2 is 1.66 bits per heavy atom. The standard InChI is InChI=1S/C22H24O7/c1-27-21(25)16-8-5-7-15(13-16)18-10-6-11-19(20(18)22(26)28-2)29-12-4-3-9-17(24)14-23/h5-8,10-11,13,23H,3-4,9,12,14H2,1-2H3. The zero-order chi connectivity index (χ0) is 21.2. The highest BCUT2D eigenvalue weighted by molar-refractivity contribution is 6.01. The molecule has 0 atom stereocenters. The van der Waals surface area contributed by atoms with Crippen LogP contribution in [0, 0.1) is 0 Å². The molecule has 0 spiro atoms. The number of carbonyl (C=O) groups is 3. The molecule has 0 saturated heterocycles. The number of ketones is 1. The highest BCUT2D eigenvalue weighted by atomic mass is 16.5. The Kier molecular flexibility index (Phi) is 8.36. The third kappa shape index (κ3) is 5.89. The molecule has 0 heterocycles. The predicted molar refractivity (Wildman–Crippen MR) is 106 cm³/mol. The van der Waals surface area contributed by atoms with Gasteiger partial charge in [-0.15, -0.1) is 0 Å². The number of ether oxygens (including phenoxy) is 3. The van der Waals surface area contributed by atoms with Crippen LogP contribution >= 0.6 is 0 Å². The maximum Gasteiger partial charge on any atom is 0.342 e. The van der Waals surface area contributed by atoms with Gasteiger partial charge in [0, 0.05) is 6.42 Å². The van der Waals surface area contributed by atoms with Gasteiger partial charge in [-0.25, -0.2) is 9.59 Å². The van der Waals surface area contributed by atoms with E-state index in [9.17, 15) is 14.4 Å². The monoisotopic (exact) mass is 400 g/mol. The Balaban J connectivity index is 2.28. The maximum absolute atomic E-state index is 12.5. The Bertz CT molecular complexity index is 873. The van der Waals surface area contributed by atoms with Gasteiger partial charge in [0.05, 0.1) is 26.4 Å². The van der Waals surface area contributed by atoms with Gasteiger partial charge in [0.25, 0.3) is 0 Å². The van der Waals surface area contributed by atoms with Gasteiger partial charge >= 0.3 is 11.9 Å². The Hall–Kier alpha value is -3.19. The number of methoxy groups -OCH3 is 2. The normalized spacial score (nSPS) is 10.3. The van der Waals surface area contributed by atoms with Crippen LogP contribution in [0.4, 0.5) is 0 Å². The van der Waals surface area contributed by atoms with Crippen LogP contribution < -0.4 is 4.74 Å². The Labute approximate surface area is 169 Å². The highest BCUT2D eigenvalue weighted by Crippen LogP contribution is 2.32. The molecule has 2 aromatic carbocycles. The van der Waals surface area contributed by atoms with Gasteiger partial charge in [-0.1, -0.05) is 24.3 Å². The Morgan fingerprint density at radius 3 is 2.34 bits per heavy atom. The van der Waals surface area contributed by atoms with Crippen molar-refractivity contribution in [1.82, 2.24) is 0 Å². The fourth-order valence-corrected chi connectivity index (χ4v) is 2.82. The number of hydrogen-bond donors (Lipinski definition) is 1. The van der Waals surface area contributed by atoms with E-state index in [1.54, 1.807) is 42.5 Å². The molecule has 29 heavy (non-hydrogen) atoms. The van der Waals surface area contributed by atoms with Crippen molar-refractivity contribution in [1.29, 1.82) is 0 Å². The first-order valence-corrected chi connectivity index (χ1v) is 9.17. The first-order chi connectivity index (χ1) is 14.0. The van der Waals surface area contributed by atoms with Crippen molar-refractivity contribution in [2.75, 3.05) is 27.4 Å². The van der Waals surface area contributed by atoms with Gasteiger partial charge in [-0.05, 0) is 42.2 Å². The van der Waals surface area contributed by atoms with Gasteiger partial charge in [-0.3, -0.25) is 4.79 Å². The minimum Gasteiger partial charge on any atom is -0.493 e. The van der Waals surface area contributed by atoms with E-state index in [0.717, 1.165) is 0 Å². The summed E-state index contributed by atoms with van der Waals surface area (Å²) < 4.78 is 15.5. The number of aliphatic hydroxyl groups is 1. The number of benzene rings is 2. The van der Waals surface area contributed by atoms with Crippen LogP contribution in [0.15, 0.2) is 42.5 Å². The molecule has 0 amide bonds. The predicted octanol–water partition coefficient (Wildman–Crippen LogP) is 3.04. The quantitative estimate of drug-likeness (QED) is 0.483. The molecule has 0 aliphatic rings. The van der Waals surface area contributed by atoms with Gasteiger partial charge in [-0.2, -0.15) is 0 Å². The van der Waals surface area contributed by atoms with E-state index in [-0.39, 0.29) is 17.8 Å². The lowest BCUT2D eigenvalue weighted by atomic mass is 9.97. The van der Waals surface area contributed by atoms with Gasteiger partial charge in [0.2, 0.25) is 0 Å². The summed E-state index contributed by atoms with van der Waals surface area (Å²) in [4.78, 5) is 35.4. The SMILES string of the molecule is COC(=O)c1cccc(-c2cccc(OCCCCC(=O)CO)c2C(=O)OC)c1. The lowest BCUT2D eigenvalue weighted by Crippen LogP contribution is -2.09. The molecule has 0 fully saturated rings. The third-order valence-electron chi connectivity index (χ3n) is 4.29. The summed E-state index contributed by atoms with van der Waals surface area (Å²) in [7, 11) is 2.59. The van der Waals surface area contributed by atoms with Crippen molar-refractivity contribution in [2.24, 2.45) is 0 Å². The van der Waals surface area contributed by atoms with Crippen molar-refractivity contribution in [3.8, 4) is 16.9 Å². The topological polar surface area (TPSA) is 99.1 Å². The summed E-state index contributed by atoms with van der Waals surface area (Å²) in [5.74, 6) is -0.898. The molecule has 1 N–H and O–H groups in total. The number of carbonyl (C=O) groups excluding carboxylic acids is 3. The minimum atomic E-state index is -0.561. The first kappa shape index (κ1) is 22.1. The molecular formula is C22H24O7. The average Bonchev–Trinajstić information content (AvgIpc) is 2.77. The van der Waals surface area contributed by atoms with Crippen LogP contribution in [0.5, 0.6) is 5.75 Å². The molecular weight excluding hydrogens is 376 g/mol. The first-order valence-electron chi connectivity index (χ1n) is 9.17. The summed E-state index contributed by atoms with van der Waals surface area (Å²) in [6.07, 6.45) is 1.45. The Morgan fingerprint density at radius 1 is 0.931 bits per heavy atom. The van der Waals surface area contributed by atoms with Crippen LogP contribution in [0.2, 0.25) is 0 Å². The van der Waals surface area contributed by atoms with Crippen molar-refractivity contribution < 1.29 is 33.7 Å². The maximum atomic E-state index is 12.5. The van der Waals surface area contributed by atoms with Crippen LogP contribution in [-0.4, -0.2) is 50.3 Å². The molecule has 7 heteroatoms. The van der Waals surface area contributed by atoms with Crippen LogP contribution in [0.3, 0.4) is 0 Å². The minimum absolute atomic E-state index is 0.215. The van der Waals surface area contributed by atoms with E-state index >= 15 is 0 Å². The number of esters is 2. The van der Waals surface area contributed by atoms with Crippen LogP contribution in [0.1, 0.15) is 40.0 Å². The lowest BCUT2D eigenvalue weighted by Gasteiger charge is -2.15. The van der Waals surface area contributed by atoms with Crippen molar-refractivity contribution in [2.45, 2.75) is 19.3 Å². The second-order valence-electron chi connectivity index (χ2n) is 6.25. The highest BCUT2D eigenvalue weighted by Gasteiger charge is 2.20. The zero-order valence-corrected chi connectivity index (χ0v) is 16.5. The molecule has 0 saturated carbocycles. The smallest absolute Gasteiger partial charge is 0.342 e. The molecule has 2 rings (SSSR count). The molecule has 0 unspecified atom stereocenters. The van der Waals surface area contributed by atoms with E-state index in [0.29, 0.717) is 41.9 Å². The lowest BCUT2D eigenvalue weighted by molar-refractivity contribution is -0.121. The summed E-state index contributed by atoms with van der Waals surface area (Å²) in [5, 5.41) is 8.74. The van der Waals surface area contributed by atoms with Crippen LogP contribution in [0.25, 0.3) is 11.1 Å². The van der Waals surface area contributed by atoms with E-state index in [2.05, 4.69) is 0 Å². The molecule has 2 aromatic rings. The largest absolute Gasteiger partial charge is 0.493 e. The zero-order valence-electron chi connectivity index (χ0n) is 16.5. The molecule has 0 bridgehead atoms. The van der Waals surface area contributed by atoms with Crippen molar-refractivity contribution in [3.63, 3.8) is 0 Å². The second-order valence-corrected chi connectivity index (χ2v) is 6.25.